The van der Waals surface area contributed by atoms with Gasteiger partial charge < -0.3 is 15.4 Å². The number of carbonyl (C=O) groups excluding carboxylic acids is 1. The average Bonchev–Trinajstić information content (AvgIpc) is 3.09. The molecule has 0 aliphatic rings. The normalized spacial score (nSPS) is 12.5. The van der Waals surface area contributed by atoms with Crippen molar-refractivity contribution in [3.05, 3.63) is 51.2 Å². The number of aromatic nitrogens is 4. The number of nitrogens with one attached hydrogen (secondary N) is 2. The Morgan fingerprint density at radius 2 is 2.27 bits per heavy atom. The number of halogens is 2. The monoisotopic (exact) mass is 427 g/mol. The number of rotatable bonds is 4. The number of aliphatic hydroxyl groups is 1. The molecule has 1 unspecified atom stereocenters. The first-order valence-electron chi connectivity index (χ1n) is 6.34. The maximum Gasteiger partial charge on any atom is 0.267 e. The highest BCUT2D eigenvalue weighted by molar-refractivity contribution is 9.13. The molecule has 0 aliphatic carbocycles. The lowest BCUT2D eigenvalue weighted by atomic mass is 10.2. The van der Waals surface area contributed by atoms with Crippen LogP contribution in [-0.4, -0.2) is 36.9 Å². The van der Waals surface area contributed by atoms with Crippen molar-refractivity contribution in [2.24, 2.45) is 0 Å². The summed E-state index contributed by atoms with van der Waals surface area (Å²) in [7, 11) is 0. The summed E-state index contributed by atoms with van der Waals surface area (Å²) < 4.78 is 3.12. The summed E-state index contributed by atoms with van der Waals surface area (Å²) in [6, 6.07) is 3.40. The van der Waals surface area contributed by atoms with E-state index in [1.54, 1.807) is 35.1 Å². The number of H-pyrrole nitrogens is 1. The number of amides is 1. The van der Waals surface area contributed by atoms with Crippen LogP contribution in [0.3, 0.4) is 0 Å². The number of imidazole rings is 1. The number of fused-ring (bicyclic) bond motifs is 1. The van der Waals surface area contributed by atoms with Crippen LogP contribution in [0.2, 0.25) is 0 Å². The van der Waals surface area contributed by atoms with Gasteiger partial charge in [-0.2, -0.15) is 0 Å². The Hall–Kier alpha value is -1.71. The van der Waals surface area contributed by atoms with E-state index < -0.39 is 6.10 Å². The Kier molecular flexibility index (Phi) is 4.27. The topological polar surface area (TPSA) is 95.3 Å². The van der Waals surface area contributed by atoms with Crippen molar-refractivity contribution in [2.45, 2.75) is 6.10 Å². The highest BCUT2D eigenvalue weighted by atomic mass is 79.9. The summed E-state index contributed by atoms with van der Waals surface area (Å²) >= 11 is 6.57. The molecule has 0 aromatic carbocycles. The highest BCUT2D eigenvalue weighted by Gasteiger charge is 2.16. The van der Waals surface area contributed by atoms with Gasteiger partial charge in [0.2, 0.25) is 5.78 Å². The van der Waals surface area contributed by atoms with Crippen molar-refractivity contribution >= 4 is 43.5 Å². The predicted octanol–water partition coefficient (Wildman–Crippen LogP) is 2.05. The van der Waals surface area contributed by atoms with Crippen LogP contribution in [0.15, 0.2) is 39.8 Å². The van der Waals surface area contributed by atoms with Gasteiger partial charge in [0.25, 0.3) is 5.91 Å². The summed E-state index contributed by atoms with van der Waals surface area (Å²) in [4.78, 5) is 23.1. The fraction of sp³-hybridized carbons (Fsp3) is 0.154. The Morgan fingerprint density at radius 1 is 1.45 bits per heavy atom. The van der Waals surface area contributed by atoms with Crippen molar-refractivity contribution < 1.29 is 9.90 Å². The molecule has 0 radical (unpaired) electrons. The molecule has 1 amide bonds. The first kappa shape index (κ1) is 15.2. The molecule has 0 fully saturated rings. The summed E-state index contributed by atoms with van der Waals surface area (Å²) in [5.74, 6) is 0.192. The Balaban J connectivity index is 1.69. The zero-order chi connectivity index (χ0) is 15.7. The average molecular weight is 429 g/mol. The molecule has 114 valence electrons. The predicted molar refractivity (Wildman–Crippen MR) is 86.5 cm³/mol. The minimum atomic E-state index is -0.884. The van der Waals surface area contributed by atoms with Crippen molar-refractivity contribution in [1.29, 1.82) is 0 Å². The third-order valence-electron chi connectivity index (χ3n) is 3.08. The van der Waals surface area contributed by atoms with Crippen LogP contribution >= 0.6 is 31.9 Å². The molecule has 9 heteroatoms. The van der Waals surface area contributed by atoms with E-state index in [4.69, 9.17) is 0 Å². The lowest BCUT2D eigenvalue weighted by molar-refractivity contribution is 0.0909. The third-order valence-corrected chi connectivity index (χ3v) is 4.87. The largest absolute Gasteiger partial charge is 0.385 e. The van der Waals surface area contributed by atoms with Gasteiger partial charge in [0.05, 0.1) is 21.0 Å². The number of aliphatic hydroxyl groups excluding tert-OH is 1. The molecular formula is C13H11Br2N5O2. The van der Waals surface area contributed by atoms with Crippen LogP contribution in [0.5, 0.6) is 0 Å². The molecule has 3 heterocycles. The number of hydrogen-bond acceptors (Lipinski definition) is 4. The second-order valence-corrected chi connectivity index (χ2v) is 6.19. The summed E-state index contributed by atoms with van der Waals surface area (Å²) in [6.45, 7) is 0.0653. The van der Waals surface area contributed by atoms with Gasteiger partial charge in [0.15, 0.2) is 0 Å². The minimum Gasteiger partial charge on any atom is -0.385 e. The lowest BCUT2D eigenvalue weighted by Gasteiger charge is -2.11. The summed E-state index contributed by atoms with van der Waals surface area (Å²) in [6.07, 6.45) is 4.04. The van der Waals surface area contributed by atoms with Crippen LogP contribution in [-0.2, 0) is 0 Å². The summed E-state index contributed by atoms with van der Waals surface area (Å²) in [5.41, 5.74) is 0.961. The molecule has 7 nitrogen and oxygen atoms in total. The molecule has 3 aromatic heterocycles. The van der Waals surface area contributed by atoms with E-state index in [1.165, 1.54) is 0 Å². The first-order valence-corrected chi connectivity index (χ1v) is 7.93. The number of aromatic amines is 1. The van der Waals surface area contributed by atoms with Gasteiger partial charge in [-0.1, -0.05) is 0 Å². The molecule has 1 atom stereocenters. The van der Waals surface area contributed by atoms with Gasteiger partial charge in [-0.05, 0) is 44.0 Å². The van der Waals surface area contributed by atoms with E-state index in [1.807, 2.05) is 0 Å². The molecular weight excluding hydrogens is 418 g/mol. The number of nitrogens with zero attached hydrogens (tertiary/aromatic N) is 3. The van der Waals surface area contributed by atoms with Crippen molar-refractivity contribution in [2.75, 3.05) is 6.54 Å². The number of hydrogen-bond donors (Lipinski definition) is 3. The van der Waals surface area contributed by atoms with Crippen molar-refractivity contribution in [1.82, 2.24) is 24.7 Å². The molecule has 3 N–H and O–H groups in total. The van der Waals surface area contributed by atoms with Gasteiger partial charge >= 0.3 is 0 Å². The quantitative estimate of drug-likeness (QED) is 0.592. The fourth-order valence-corrected chi connectivity index (χ4v) is 2.66. The molecule has 3 rings (SSSR count). The second-order valence-electron chi connectivity index (χ2n) is 4.54. The van der Waals surface area contributed by atoms with E-state index in [9.17, 15) is 9.90 Å². The van der Waals surface area contributed by atoms with Crippen LogP contribution in [0.25, 0.3) is 5.78 Å². The maximum atomic E-state index is 12.0. The zero-order valence-electron chi connectivity index (χ0n) is 11.1. The standard InChI is InChI=1S/C13H11Br2N5O2/c14-7-4-8(19-11(7)15)12(22)17-6-10(21)9-5-18-13-16-2-1-3-20(9)13/h1-5,10,19,21H,6H2,(H,17,22). The molecule has 0 saturated carbocycles. The maximum absolute atomic E-state index is 12.0. The molecule has 0 aliphatic heterocycles. The molecule has 0 saturated heterocycles. The smallest absolute Gasteiger partial charge is 0.267 e. The zero-order valence-corrected chi connectivity index (χ0v) is 14.3. The van der Waals surface area contributed by atoms with Gasteiger partial charge in [0.1, 0.15) is 11.8 Å². The number of carbonyl (C=O) groups is 1. The molecule has 0 spiro atoms. The van der Waals surface area contributed by atoms with E-state index in [2.05, 4.69) is 52.1 Å². The van der Waals surface area contributed by atoms with Gasteiger partial charge in [-0.3, -0.25) is 9.20 Å². The van der Waals surface area contributed by atoms with Gasteiger partial charge in [-0.15, -0.1) is 0 Å². The van der Waals surface area contributed by atoms with Gasteiger partial charge in [0, 0.05) is 18.9 Å². The SMILES string of the molecule is O=C(NCC(O)c1cnc2ncccn12)c1cc(Br)c(Br)[nH]1. The molecule has 3 aromatic rings. The van der Waals surface area contributed by atoms with E-state index in [0.29, 0.717) is 21.8 Å². The van der Waals surface area contributed by atoms with Gasteiger partial charge in [-0.25, -0.2) is 9.97 Å². The van der Waals surface area contributed by atoms with E-state index in [-0.39, 0.29) is 12.5 Å². The lowest BCUT2D eigenvalue weighted by Crippen LogP contribution is -2.29. The Morgan fingerprint density at radius 3 is 3.00 bits per heavy atom. The van der Waals surface area contributed by atoms with Crippen LogP contribution < -0.4 is 5.32 Å². The summed E-state index contributed by atoms with van der Waals surface area (Å²) in [5, 5.41) is 12.9. The van der Waals surface area contributed by atoms with Crippen LogP contribution in [0, 0.1) is 0 Å². The van der Waals surface area contributed by atoms with Crippen molar-refractivity contribution in [3.63, 3.8) is 0 Å². The van der Waals surface area contributed by atoms with Crippen molar-refractivity contribution in [3.8, 4) is 0 Å². The Bertz CT molecular complexity index is 809. The second kappa shape index (κ2) is 6.19. The van der Waals surface area contributed by atoms with E-state index in [0.717, 1.165) is 4.47 Å². The third kappa shape index (κ3) is 2.92. The van der Waals surface area contributed by atoms with Crippen LogP contribution in [0.4, 0.5) is 0 Å². The Labute approximate surface area is 142 Å². The minimum absolute atomic E-state index is 0.0653. The fourth-order valence-electron chi connectivity index (χ4n) is 2.01. The van der Waals surface area contributed by atoms with Crippen LogP contribution in [0.1, 0.15) is 22.3 Å². The van der Waals surface area contributed by atoms with E-state index >= 15 is 0 Å². The molecule has 0 bridgehead atoms. The highest BCUT2D eigenvalue weighted by Crippen LogP contribution is 2.23. The first-order chi connectivity index (χ1) is 10.6. The molecule has 22 heavy (non-hydrogen) atoms.